The van der Waals surface area contributed by atoms with E-state index in [9.17, 15) is 13.6 Å². The number of aromatic nitrogens is 1. The first kappa shape index (κ1) is 17.6. The van der Waals surface area contributed by atoms with Gasteiger partial charge in [-0.25, -0.2) is 8.78 Å². The van der Waals surface area contributed by atoms with Gasteiger partial charge in [0.1, 0.15) is 0 Å². The first-order chi connectivity index (χ1) is 11.8. The molecule has 0 atom stereocenters. The van der Waals surface area contributed by atoms with E-state index in [1.54, 1.807) is 30.3 Å². The lowest BCUT2D eigenvalue weighted by Gasteiger charge is -2.35. The van der Waals surface area contributed by atoms with Gasteiger partial charge in [0, 0.05) is 35.5 Å². The topological polar surface area (TPSA) is 45.8 Å². The molecule has 0 spiro atoms. The van der Waals surface area contributed by atoms with Gasteiger partial charge in [-0.2, -0.15) is 5.26 Å². The first-order valence-electron chi connectivity index (χ1n) is 8.03. The summed E-state index contributed by atoms with van der Waals surface area (Å²) in [5, 5.41) is 8.94. The van der Waals surface area contributed by atoms with Gasteiger partial charge in [-0.3, -0.25) is 4.79 Å². The summed E-state index contributed by atoms with van der Waals surface area (Å²) in [4.78, 5) is 12.1. The van der Waals surface area contributed by atoms with Crippen molar-refractivity contribution in [2.75, 3.05) is 5.88 Å². The molecule has 6 heteroatoms. The fraction of sp³-hybridized carbons (Fsp3) is 0.368. The van der Waals surface area contributed by atoms with Crippen molar-refractivity contribution >= 4 is 17.4 Å². The minimum Gasteiger partial charge on any atom is -0.317 e. The largest absolute Gasteiger partial charge is 0.317 e. The molecule has 0 amide bonds. The molecule has 0 unspecified atom stereocenters. The maximum atomic E-state index is 13.2. The number of halogens is 3. The van der Waals surface area contributed by atoms with Crippen LogP contribution in [0, 0.1) is 24.2 Å². The number of carbonyl (C=O) groups is 1. The Morgan fingerprint density at radius 1 is 1.36 bits per heavy atom. The molecule has 1 aromatic carbocycles. The highest BCUT2D eigenvalue weighted by atomic mass is 35.5. The summed E-state index contributed by atoms with van der Waals surface area (Å²) in [6.07, 6.45) is 0.235. The number of hydrogen-bond acceptors (Lipinski definition) is 2. The molecule has 0 saturated heterocycles. The van der Waals surface area contributed by atoms with Crippen LogP contribution >= 0.6 is 11.6 Å². The minimum absolute atomic E-state index is 0.0969. The average Bonchev–Trinajstić information content (AvgIpc) is 2.89. The Labute approximate surface area is 149 Å². The number of carbonyl (C=O) groups excluding carboxylic acids is 1. The van der Waals surface area contributed by atoms with Crippen molar-refractivity contribution in [3.63, 3.8) is 0 Å². The molecule has 2 aromatic rings. The van der Waals surface area contributed by atoms with Gasteiger partial charge in [0.15, 0.2) is 5.78 Å². The molecule has 1 aliphatic carbocycles. The normalized spacial score (nSPS) is 16.3. The van der Waals surface area contributed by atoms with Crippen LogP contribution in [0.4, 0.5) is 8.78 Å². The predicted molar refractivity (Wildman–Crippen MR) is 91.6 cm³/mol. The minimum atomic E-state index is -2.57. The summed E-state index contributed by atoms with van der Waals surface area (Å²) >= 11 is 5.69. The Hall–Kier alpha value is -2.19. The van der Waals surface area contributed by atoms with Crippen LogP contribution in [0.1, 0.15) is 40.2 Å². The van der Waals surface area contributed by atoms with E-state index in [0.29, 0.717) is 17.5 Å². The number of Topliss-reactive ketones (excluding diaryl/α,β-unsaturated/α-hetero) is 1. The molecule has 1 aliphatic rings. The molecule has 0 radical (unpaired) electrons. The number of hydrogen-bond donors (Lipinski definition) is 0. The smallest absolute Gasteiger partial charge is 0.248 e. The van der Waals surface area contributed by atoms with Gasteiger partial charge in [0.2, 0.25) is 5.92 Å². The highest BCUT2D eigenvalue weighted by Crippen LogP contribution is 2.44. The van der Waals surface area contributed by atoms with E-state index < -0.39 is 5.92 Å². The van der Waals surface area contributed by atoms with Crippen molar-refractivity contribution in [3.05, 3.63) is 52.8 Å². The van der Waals surface area contributed by atoms with Crippen molar-refractivity contribution in [1.29, 1.82) is 5.26 Å². The molecule has 1 aromatic heterocycles. The van der Waals surface area contributed by atoms with Gasteiger partial charge in [-0.1, -0.05) is 0 Å². The molecule has 3 rings (SSSR count). The molecule has 25 heavy (non-hydrogen) atoms. The van der Waals surface area contributed by atoms with E-state index >= 15 is 0 Å². The van der Waals surface area contributed by atoms with Crippen LogP contribution in [0.3, 0.4) is 0 Å². The highest BCUT2D eigenvalue weighted by Gasteiger charge is 2.45. The average molecular weight is 363 g/mol. The number of rotatable bonds is 5. The maximum Gasteiger partial charge on any atom is 0.248 e. The summed E-state index contributed by atoms with van der Waals surface area (Å²) in [6.45, 7) is 1.82. The van der Waals surface area contributed by atoms with Crippen molar-refractivity contribution in [1.82, 2.24) is 4.57 Å². The van der Waals surface area contributed by atoms with E-state index in [2.05, 4.69) is 6.07 Å². The van der Waals surface area contributed by atoms with Gasteiger partial charge in [-0.15, -0.1) is 11.6 Å². The number of nitrogens with zero attached hydrogens (tertiary/aromatic N) is 2. The summed E-state index contributed by atoms with van der Waals surface area (Å²) in [7, 11) is 0. The highest BCUT2D eigenvalue weighted by molar-refractivity contribution is 6.30. The van der Waals surface area contributed by atoms with Crippen LogP contribution in [-0.4, -0.2) is 22.2 Å². The van der Waals surface area contributed by atoms with E-state index in [4.69, 9.17) is 16.9 Å². The quantitative estimate of drug-likeness (QED) is 0.573. The summed E-state index contributed by atoms with van der Waals surface area (Å²) in [6, 6.07) is 10.8. The van der Waals surface area contributed by atoms with E-state index in [1.165, 1.54) is 0 Å². The zero-order valence-corrected chi connectivity index (χ0v) is 14.5. The Morgan fingerprint density at radius 2 is 2.00 bits per heavy atom. The van der Waals surface area contributed by atoms with E-state index in [-0.39, 0.29) is 30.4 Å². The molecular weight excluding hydrogens is 346 g/mol. The number of alkyl halides is 3. The molecule has 1 saturated carbocycles. The third-order valence-electron chi connectivity index (χ3n) is 4.67. The Balaban J connectivity index is 2.00. The van der Waals surface area contributed by atoms with Gasteiger partial charge < -0.3 is 4.57 Å². The van der Waals surface area contributed by atoms with Crippen LogP contribution in [0.25, 0.3) is 5.69 Å². The number of ketones is 1. The third kappa shape index (κ3) is 3.45. The molecule has 1 heterocycles. The van der Waals surface area contributed by atoms with Crippen LogP contribution in [0.5, 0.6) is 0 Å². The van der Waals surface area contributed by atoms with Gasteiger partial charge in [0.25, 0.3) is 0 Å². The van der Waals surface area contributed by atoms with Gasteiger partial charge in [0.05, 0.1) is 17.5 Å². The Bertz CT molecular complexity index is 842. The number of nitriles is 1. The zero-order chi connectivity index (χ0) is 18.2. The first-order valence-corrected chi connectivity index (χ1v) is 8.57. The lowest BCUT2D eigenvalue weighted by atomic mass is 9.78. The zero-order valence-electron chi connectivity index (χ0n) is 13.7. The molecular formula is C19H17ClF2N2O. The predicted octanol–water partition coefficient (Wildman–Crippen LogP) is 4.67. The van der Waals surface area contributed by atoms with Crippen LogP contribution < -0.4 is 0 Å². The number of benzene rings is 1. The second-order valence-electron chi connectivity index (χ2n) is 6.52. The van der Waals surface area contributed by atoms with Crippen LogP contribution in [0.2, 0.25) is 0 Å². The third-order valence-corrected chi connectivity index (χ3v) is 4.91. The van der Waals surface area contributed by atoms with Gasteiger partial charge in [-0.05, 0) is 49.6 Å². The summed E-state index contributed by atoms with van der Waals surface area (Å²) in [5.41, 5.74) is 3.39. The molecule has 0 bridgehead atoms. The summed E-state index contributed by atoms with van der Waals surface area (Å²) < 4.78 is 28.2. The standard InChI is InChI=1S/C19H17ClF2N2O/c1-12-17(18(25)10-20)7-16(6-14-8-19(21,22)9-14)24(12)15-4-2-13(11-23)3-5-15/h2-5,7,14H,6,8-10H2,1H3. The summed E-state index contributed by atoms with van der Waals surface area (Å²) in [5.74, 6) is -2.98. The van der Waals surface area contributed by atoms with Crippen molar-refractivity contribution < 1.29 is 13.6 Å². The van der Waals surface area contributed by atoms with E-state index in [1.807, 2.05) is 11.5 Å². The van der Waals surface area contributed by atoms with Crippen LogP contribution in [0.15, 0.2) is 30.3 Å². The molecule has 1 fully saturated rings. The van der Waals surface area contributed by atoms with Crippen molar-refractivity contribution in [2.24, 2.45) is 5.92 Å². The lowest BCUT2D eigenvalue weighted by Crippen LogP contribution is -2.36. The molecule has 0 aliphatic heterocycles. The van der Waals surface area contributed by atoms with E-state index in [0.717, 1.165) is 17.1 Å². The fourth-order valence-electron chi connectivity index (χ4n) is 3.45. The van der Waals surface area contributed by atoms with Crippen LogP contribution in [-0.2, 0) is 6.42 Å². The maximum absolute atomic E-state index is 13.2. The Kier molecular flexibility index (Phi) is 4.66. The molecule has 3 nitrogen and oxygen atoms in total. The second-order valence-corrected chi connectivity index (χ2v) is 6.79. The molecule has 0 N–H and O–H groups in total. The fourth-order valence-corrected chi connectivity index (χ4v) is 3.59. The second kappa shape index (κ2) is 6.61. The van der Waals surface area contributed by atoms with Gasteiger partial charge >= 0.3 is 0 Å². The van der Waals surface area contributed by atoms with Crippen molar-refractivity contribution in [3.8, 4) is 11.8 Å². The monoisotopic (exact) mass is 362 g/mol. The van der Waals surface area contributed by atoms with Crippen molar-refractivity contribution in [2.45, 2.75) is 32.1 Å². The Morgan fingerprint density at radius 3 is 2.52 bits per heavy atom. The SMILES string of the molecule is Cc1c(C(=O)CCl)cc(CC2CC(F)(F)C2)n1-c1ccc(C#N)cc1. The molecule has 130 valence electrons. The lowest BCUT2D eigenvalue weighted by molar-refractivity contribution is -0.110.